The number of likely N-dealkylation sites (N-methyl/N-ethyl adjacent to an activating group) is 1. The molecule has 1 aliphatic heterocycles. The number of nitrogens with zero attached hydrogens (tertiary/aromatic N) is 2. The molecule has 3 nitrogen and oxygen atoms in total. The van der Waals surface area contributed by atoms with E-state index in [1.807, 2.05) is 23.1 Å². The lowest BCUT2D eigenvalue weighted by Crippen LogP contribution is -2.47. The second-order valence-corrected chi connectivity index (χ2v) is 6.30. The summed E-state index contributed by atoms with van der Waals surface area (Å²) in [6.07, 6.45) is 0. The van der Waals surface area contributed by atoms with E-state index in [1.165, 1.54) is 0 Å². The smallest absolute Gasteiger partial charge is 0.255 e. The summed E-state index contributed by atoms with van der Waals surface area (Å²) in [5.41, 5.74) is 0.796. The third-order valence-electron chi connectivity index (χ3n) is 2.95. The summed E-state index contributed by atoms with van der Waals surface area (Å²) >= 11 is 5.63. The third kappa shape index (κ3) is 3.20. The molecule has 0 saturated carbocycles. The van der Waals surface area contributed by atoms with Crippen molar-refractivity contribution in [1.82, 2.24) is 9.80 Å². The number of piperazine rings is 1. The van der Waals surface area contributed by atoms with Gasteiger partial charge in [0.2, 0.25) is 0 Å². The van der Waals surface area contributed by atoms with E-state index in [0.717, 1.165) is 39.8 Å². The van der Waals surface area contributed by atoms with Gasteiger partial charge in [0, 0.05) is 34.2 Å². The van der Waals surface area contributed by atoms with Crippen molar-refractivity contribution >= 4 is 44.4 Å². The van der Waals surface area contributed by atoms with Crippen LogP contribution >= 0.6 is 38.5 Å². The van der Waals surface area contributed by atoms with Crippen LogP contribution in [0.5, 0.6) is 0 Å². The molecule has 0 atom stereocenters. The highest BCUT2D eigenvalue weighted by atomic mass is 127. The van der Waals surface area contributed by atoms with E-state index in [9.17, 15) is 4.79 Å². The zero-order valence-corrected chi connectivity index (χ0v) is 13.4. The summed E-state index contributed by atoms with van der Waals surface area (Å²) in [4.78, 5) is 16.5. The molecule has 92 valence electrons. The van der Waals surface area contributed by atoms with Crippen LogP contribution in [0.4, 0.5) is 0 Å². The Labute approximate surface area is 123 Å². The average molecular weight is 409 g/mol. The summed E-state index contributed by atoms with van der Waals surface area (Å²) in [6.45, 7) is 3.54. The minimum atomic E-state index is 0.142. The van der Waals surface area contributed by atoms with Gasteiger partial charge in [0.1, 0.15) is 0 Å². The highest BCUT2D eigenvalue weighted by Gasteiger charge is 2.21. The highest BCUT2D eigenvalue weighted by molar-refractivity contribution is 14.1. The van der Waals surface area contributed by atoms with Crippen LogP contribution < -0.4 is 0 Å². The SMILES string of the molecule is CN1CCN(C(=O)c2cc(Br)ccc2I)CC1. The molecule has 1 amide bonds. The summed E-state index contributed by atoms with van der Waals surface area (Å²) in [7, 11) is 2.09. The number of hydrogen-bond acceptors (Lipinski definition) is 2. The summed E-state index contributed by atoms with van der Waals surface area (Å²) in [5.74, 6) is 0.142. The Morgan fingerprint density at radius 1 is 1.29 bits per heavy atom. The summed E-state index contributed by atoms with van der Waals surface area (Å²) in [6, 6.07) is 5.83. The van der Waals surface area contributed by atoms with Gasteiger partial charge in [-0.3, -0.25) is 4.79 Å². The van der Waals surface area contributed by atoms with Gasteiger partial charge in [-0.1, -0.05) is 15.9 Å². The fourth-order valence-electron chi connectivity index (χ4n) is 1.84. The largest absolute Gasteiger partial charge is 0.336 e. The van der Waals surface area contributed by atoms with Gasteiger partial charge in [0.15, 0.2) is 0 Å². The monoisotopic (exact) mass is 408 g/mol. The first-order valence-electron chi connectivity index (χ1n) is 5.51. The molecule has 1 aromatic rings. The number of carbonyl (C=O) groups excluding carboxylic acids is 1. The van der Waals surface area contributed by atoms with Crippen molar-refractivity contribution in [1.29, 1.82) is 0 Å². The number of halogens is 2. The predicted octanol–water partition coefficient (Wildman–Crippen LogP) is 2.44. The molecule has 0 bridgehead atoms. The quantitative estimate of drug-likeness (QED) is 0.666. The van der Waals surface area contributed by atoms with Crippen LogP contribution in [0.15, 0.2) is 22.7 Å². The number of hydrogen-bond donors (Lipinski definition) is 0. The lowest BCUT2D eigenvalue weighted by Gasteiger charge is -2.32. The molecule has 0 aliphatic carbocycles. The minimum Gasteiger partial charge on any atom is -0.336 e. The molecule has 0 aromatic heterocycles. The molecule has 5 heteroatoms. The van der Waals surface area contributed by atoms with Crippen LogP contribution in [0.3, 0.4) is 0 Å². The number of rotatable bonds is 1. The Hall–Kier alpha value is -0.140. The topological polar surface area (TPSA) is 23.6 Å². The van der Waals surface area contributed by atoms with Gasteiger partial charge in [-0.2, -0.15) is 0 Å². The molecule has 0 unspecified atom stereocenters. The van der Waals surface area contributed by atoms with Crippen molar-refractivity contribution in [3.63, 3.8) is 0 Å². The molecule has 2 rings (SSSR count). The first-order valence-corrected chi connectivity index (χ1v) is 7.38. The maximum absolute atomic E-state index is 12.4. The van der Waals surface area contributed by atoms with Gasteiger partial charge in [0.05, 0.1) is 5.56 Å². The molecular weight excluding hydrogens is 395 g/mol. The van der Waals surface area contributed by atoms with Gasteiger partial charge >= 0.3 is 0 Å². The Morgan fingerprint density at radius 3 is 2.59 bits per heavy atom. The second-order valence-electron chi connectivity index (χ2n) is 4.22. The molecule has 0 spiro atoms. The Bertz CT molecular complexity index is 431. The van der Waals surface area contributed by atoms with E-state index in [0.29, 0.717) is 0 Å². The predicted molar refractivity (Wildman–Crippen MR) is 80.3 cm³/mol. The zero-order chi connectivity index (χ0) is 12.4. The van der Waals surface area contributed by atoms with E-state index in [4.69, 9.17) is 0 Å². The molecule has 0 N–H and O–H groups in total. The Balaban J connectivity index is 2.16. The molecule has 0 radical (unpaired) electrons. The van der Waals surface area contributed by atoms with Gasteiger partial charge in [-0.25, -0.2) is 0 Å². The molecule has 1 fully saturated rings. The second kappa shape index (κ2) is 5.67. The zero-order valence-electron chi connectivity index (χ0n) is 9.62. The maximum Gasteiger partial charge on any atom is 0.255 e. The van der Waals surface area contributed by atoms with E-state index < -0.39 is 0 Å². The third-order valence-corrected chi connectivity index (χ3v) is 4.38. The fourth-order valence-corrected chi connectivity index (χ4v) is 2.77. The van der Waals surface area contributed by atoms with Crippen molar-refractivity contribution in [2.75, 3.05) is 33.2 Å². The van der Waals surface area contributed by atoms with Gasteiger partial charge in [-0.15, -0.1) is 0 Å². The number of amides is 1. The maximum atomic E-state index is 12.4. The van der Waals surface area contributed by atoms with Crippen LogP contribution in [0.1, 0.15) is 10.4 Å². The lowest BCUT2D eigenvalue weighted by atomic mass is 10.2. The van der Waals surface area contributed by atoms with Gasteiger partial charge in [-0.05, 0) is 47.8 Å². The van der Waals surface area contributed by atoms with Crippen molar-refractivity contribution < 1.29 is 4.79 Å². The molecular formula is C12H14BrIN2O. The number of carbonyl (C=O) groups is 1. The van der Waals surface area contributed by atoms with E-state index in [1.54, 1.807) is 0 Å². The molecule has 1 saturated heterocycles. The van der Waals surface area contributed by atoms with Gasteiger partial charge in [0.25, 0.3) is 5.91 Å². The first kappa shape index (κ1) is 13.3. The van der Waals surface area contributed by atoms with Crippen LogP contribution in [0.2, 0.25) is 0 Å². The normalized spacial score (nSPS) is 17.2. The van der Waals surface area contributed by atoms with Crippen molar-refractivity contribution in [3.05, 3.63) is 31.8 Å². The summed E-state index contributed by atoms with van der Waals surface area (Å²) < 4.78 is 1.96. The summed E-state index contributed by atoms with van der Waals surface area (Å²) in [5, 5.41) is 0. The highest BCUT2D eigenvalue weighted by Crippen LogP contribution is 2.20. The van der Waals surface area contributed by atoms with Crippen molar-refractivity contribution in [2.24, 2.45) is 0 Å². The van der Waals surface area contributed by atoms with E-state index >= 15 is 0 Å². The number of benzene rings is 1. The standard InChI is InChI=1S/C12H14BrIN2O/c1-15-4-6-16(7-5-15)12(17)10-8-9(13)2-3-11(10)14/h2-3,8H,4-7H2,1H3. The Kier molecular flexibility index (Phi) is 4.43. The molecule has 17 heavy (non-hydrogen) atoms. The Morgan fingerprint density at radius 2 is 1.94 bits per heavy atom. The van der Waals surface area contributed by atoms with E-state index in [2.05, 4.69) is 50.5 Å². The average Bonchev–Trinajstić information content (AvgIpc) is 2.32. The van der Waals surface area contributed by atoms with Crippen molar-refractivity contribution in [3.8, 4) is 0 Å². The lowest BCUT2D eigenvalue weighted by molar-refractivity contribution is 0.0663. The van der Waals surface area contributed by atoms with Gasteiger partial charge < -0.3 is 9.80 Å². The van der Waals surface area contributed by atoms with Crippen LogP contribution in [-0.2, 0) is 0 Å². The van der Waals surface area contributed by atoms with Crippen LogP contribution in [-0.4, -0.2) is 48.9 Å². The molecule has 1 heterocycles. The van der Waals surface area contributed by atoms with Crippen LogP contribution in [0.25, 0.3) is 0 Å². The van der Waals surface area contributed by atoms with Crippen molar-refractivity contribution in [2.45, 2.75) is 0 Å². The van der Waals surface area contributed by atoms with E-state index in [-0.39, 0.29) is 5.91 Å². The minimum absolute atomic E-state index is 0.142. The fraction of sp³-hybridized carbons (Fsp3) is 0.417. The van der Waals surface area contributed by atoms with Crippen LogP contribution in [0, 0.1) is 3.57 Å². The molecule has 1 aliphatic rings. The molecule has 1 aromatic carbocycles. The first-order chi connectivity index (χ1) is 8.08.